The van der Waals surface area contributed by atoms with Crippen molar-refractivity contribution in [2.24, 2.45) is 0 Å². The van der Waals surface area contributed by atoms with E-state index in [-0.39, 0.29) is 17.9 Å². The summed E-state index contributed by atoms with van der Waals surface area (Å²) in [5, 5.41) is 3.15. The minimum atomic E-state index is -0.476. The van der Waals surface area contributed by atoms with Gasteiger partial charge in [0.1, 0.15) is 6.04 Å². The van der Waals surface area contributed by atoms with Gasteiger partial charge in [-0.25, -0.2) is 0 Å². The molecule has 0 radical (unpaired) electrons. The standard InChI is InChI=1S/C25H32N2O2/c1-19-10-6-7-13-22(19)18-24(28)27(17-16-21-11-4-3-5-12-21)20(2)25(29)26-23-14-8-9-15-23/h3-7,10-13,20,23H,8-9,14-18H2,1-2H3,(H,26,29)/t20-/m1/s1. The number of hydrogen-bond donors (Lipinski definition) is 1. The Bertz CT molecular complexity index is 813. The third-order valence-corrected chi connectivity index (χ3v) is 5.96. The van der Waals surface area contributed by atoms with Gasteiger partial charge in [-0.3, -0.25) is 9.59 Å². The third-order valence-electron chi connectivity index (χ3n) is 5.96. The molecule has 3 rings (SSSR count). The third kappa shape index (κ3) is 5.93. The molecule has 4 heteroatoms. The van der Waals surface area contributed by atoms with Gasteiger partial charge in [0.25, 0.3) is 0 Å². The molecule has 1 atom stereocenters. The van der Waals surface area contributed by atoms with E-state index in [1.165, 1.54) is 18.4 Å². The number of benzene rings is 2. The van der Waals surface area contributed by atoms with E-state index >= 15 is 0 Å². The van der Waals surface area contributed by atoms with Crippen molar-refractivity contribution in [1.82, 2.24) is 10.2 Å². The molecular weight excluding hydrogens is 360 g/mol. The average molecular weight is 393 g/mol. The summed E-state index contributed by atoms with van der Waals surface area (Å²) < 4.78 is 0. The molecule has 154 valence electrons. The van der Waals surface area contributed by atoms with E-state index in [9.17, 15) is 9.59 Å². The van der Waals surface area contributed by atoms with Gasteiger partial charge in [0.05, 0.1) is 6.42 Å². The first-order valence-corrected chi connectivity index (χ1v) is 10.7. The Kier molecular flexibility index (Phi) is 7.45. The molecule has 29 heavy (non-hydrogen) atoms. The topological polar surface area (TPSA) is 49.4 Å². The summed E-state index contributed by atoms with van der Waals surface area (Å²) in [7, 11) is 0. The van der Waals surface area contributed by atoms with E-state index in [1.54, 1.807) is 4.90 Å². The van der Waals surface area contributed by atoms with E-state index in [0.29, 0.717) is 13.0 Å². The maximum atomic E-state index is 13.2. The highest BCUT2D eigenvalue weighted by molar-refractivity contribution is 5.88. The minimum Gasteiger partial charge on any atom is -0.352 e. The largest absolute Gasteiger partial charge is 0.352 e. The zero-order chi connectivity index (χ0) is 20.6. The van der Waals surface area contributed by atoms with Gasteiger partial charge in [0, 0.05) is 12.6 Å². The summed E-state index contributed by atoms with van der Waals surface area (Å²) in [6.07, 6.45) is 5.48. The lowest BCUT2D eigenvalue weighted by Gasteiger charge is -2.30. The Hall–Kier alpha value is -2.62. The van der Waals surface area contributed by atoms with Gasteiger partial charge in [0.15, 0.2) is 0 Å². The van der Waals surface area contributed by atoms with Gasteiger partial charge < -0.3 is 10.2 Å². The number of amides is 2. The highest BCUT2D eigenvalue weighted by Crippen LogP contribution is 2.18. The van der Waals surface area contributed by atoms with Crippen LogP contribution in [0.4, 0.5) is 0 Å². The smallest absolute Gasteiger partial charge is 0.242 e. The van der Waals surface area contributed by atoms with E-state index in [4.69, 9.17) is 0 Å². The van der Waals surface area contributed by atoms with Gasteiger partial charge >= 0.3 is 0 Å². The molecule has 0 saturated heterocycles. The number of carbonyl (C=O) groups is 2. The fraction of sp³-hybridized carbons (Fsp3) is 0.440. The number of nitrogens with one attached hydrogen (secondary N) is 1. The molecule has 0 bridgehead atoms. The Labute approximate surface area is 174 Å². The molecule has 0 aliphatic heterocycles. The van der Waals surface area contributed by atoms with Crippen LogP contribution in [0.15, 0.2) is 54.6 Å². The molecule has 1 aliphatic carbocycles. The van der Waals surface area contributed by atoms with Crippen LogP contribution in [0, 0.1) is 6.92 Å². The second kappa shape index (κ2) is 10.2. The summed E-state index contributed by atoms with van der Waals surface area (Å²) in [5.41, 5.74) is 3.29. The van der Waals surface area contributed by atoms with Crippen LogP contribution in [0.2, 0.25) is 0 Å². The summed E-state index contributed by atoms with van der Waals surface area (Å²) in [6, 6.07) is 17.9. The molecule has 0 unspecified atom stereocenters. The Morgan fingerprint density at radius 3 is 2.38 bits per heavy atom. The van der Waals surface area contributed by atoms with Crippen molar-refractivity contribution in [3.63, 3.8) is 0 Å². The van der Waals surface area contributed by atoms with Crippen LogP contribution >= 0.6 is 0 Å². The quantitative estimate of drug-likeness (QED) is 0.737. The lowest BCUT2D eigenvalue weighted by molar-refractivity contribution is -0.139. The van der Waals surface area contributed by atoms with E-state index in [2.05, 4.69) is 17.4 Å². The van der Waals surface area contributed by atoms with Crippen molar-refractivity contribution in [3.05, 3.63) is 71.3 Å². The lowest BCUT2D eigenvalue weighted by atomic mass is 10.0. The fourth-order valence-electron chi connectivity index (χ4n) is 4.03. The SMILES string of the molecule is Cc1ccccc1CC(=O)N(CCc1ccccc1)[C@H](C)C(=O)NC1CCCC1. The van der Waals surface area contributed by atoms with Crippen molar-refractivity contribution in [2.45, 2.75) is 64.5 Å². The second-order valence-electron chi connectivity index (χ2n) is 8.09. The van der Waals surface area contributed by atoms with Gasteiger partial charge in [-0.05, 0) is 49.8 Å². The molecule has 2 aromatic carbocycles. The Morgan fingerprint density at radius 2 is 1.69 bits per heavy atom. The number of rotatable bonds is 8. The van der Waals surface area contributed by atoms with Crippen molar-refractivity contribution in [3.8, 4) is 0 Å². The molecule has 2 amide bonds. The molecule has 1 saturated carbocycles. The molecule has 1 fully saturated rings. The first-order valence-electron chi connectivity index (χ1n) is 10.7. The number of carbonyl (C=O) groups excluding carboxylic acids is 2. The number of aryl methyl sites for hydroxylation is 1. The second-order valence-corrected chi connectivity index (χ2v) is 8.09. The predicted molar refractivity (Wildman–Crippen MR) is 117 cm³/mol. The molecule has 0 aromatic heterocycles. The zero-order valence-electron chi connectivity index (χ0n) is 17.6. The van der Waals surface area contributed by atoms with Crippen molar-refractivity contribution >= 4 is 11.8 Å². The van der Waals surface area contributed by atoms with E-state index in [0.717, 1.165) is 30.4 Å². The normalized spacial score (nSPS) is 15.1. The molecule has 4 nitrogen and oxygen atoms in total. The van der Waals surface area contributed by atoms with Crippen LogP contribution in [0.3, 0.4) is 0 Å². The van der Waals surface area contributed by atoms with Crippen LogP contribution in [0.5, 0.6) is 0 Å². The van der Waals surface area contributed by atoms with Gasteiger partial charge in [-0.15, -0.1) is 0 Å². The average Bonchev–Trinajstić information content (AvgIpc) is 3.23. The fourth-order valence-corrected chi connectivity index (χ4v) is 4.03. The monoisotopic (exact) mass is 392 g/mol. The molecule has 1 N–H and O–H groups in total. The van der Waals surface area contributed by atoms with Crippen LogP contribution in [0.25, 0.3) is 0 Å². The molecule has 0 spiro atoms. The first kappa shape index (κ1) is 21.1. The van der Waals surface area contributed by atoms with Crippen molar-refractivity contribution in [2.75, 3.05) is 6.54 Å². The minimum absolute atomic E-state index is 0.00398. The van der Waals surface area contributed by atoms with Gasteiger partial charge in [-0.1, -0.05) is 67.4 Å². The maximum Gasteiger partial charge on any atom is 0.242 e. The zero-order valence-corrected chi connectivity index (χ0v) is 17.6. The number of hydrogen-bond acceptors (Lipinski definition) is 2. The summed E-state index contributed by atoms with van der Waals surface area (Å²) in [5.74, 6) is -0.0348. The number of nitrogens with zero attached hydrogens (tertiary/aromatic N) is 1. The van der Waals surface area contributed by atoms with E-state index < -0.39 is 6.04 Å². The molecular formula is C25H32N2O2. The summed E-state index contributed by atoms with van der Waals surface area (Å²) in [4.78, 5) is 27.8. The van der Waals surface area contributed by atoms with Gasteiger partial charge in [0.2, 0.25) is 11.8 Å². The van der Waals surface area contributed by atoms with Crippen LogP contribution in [0.1, 0.15) is 49.3 Å². The van der Waals surface area contributed by atoms with Crippen LogP contribution < -0.4 is 5.32 Å². The van der Waals surface area contributed by atoms with E-state index in [1.807, 2.05) is 56.3 Å². The summed E-state index contributed by atoms with van der Waals surface area (Å²) in [6.45, 7) is 4.41. The van der Waals surface area contributed by atoms with Gasteiger partial charge in [-0.2, -0.15) is 0 Å². The summed E-state index contributed by atoms with van der Waals surface area (Å²) >= 11 is 0. The highest BCUT2D eigenvalue weighted by Gasteiger charge is 2.28. The predicted octanol–water partition coefficient (Wildman–Crippen LogP) is 4.06. The molecule has 0 heterocycles. The lowest BCUT2D eigenvalue weighted by Crippen LogP contribution is -2.51. The first-order chi connectivity index (χ1) is 14.0. The van der Waals surface area contributed by atoms with Crippen molar-refractivity contribution < 1.29 is 9.59 Å². The highest BCUT2D eigenvalue weighted by atomic mass is 16.2. The molecule has 1 aliphatic rings. The van der Waals surface area contributed by atoms with Crippen molar-refractivity contribution in [1.29, 1.82) is 0 Å². The molecule has 2 aromatic rings. The maximum absolute atomic E-state index is 13.2. The Balaban J connectivity index is 1.71. The Morgan fingerprint density at radius 1 is 1.03 bits per heavy atom. The van der Waals surface area contributed by atoms with Crippen LogP contribution in [-0.4, -0.2) is 35.3 Å². The van der Waals surface area contributed by atoms with Crippen LogP contribution in [-0.2, 0) is 22.4 Å².